The molecule has 0 saturated carbocycles. The molecule has 0 radical (unpaired) electrons. The molecule has 0 aliphatic heterocycles. The zero-order valence-corrected chi connectivity index (χ0v) is 13.5. The van der Waals surface area contributed by atoms with Crippen LogP contribution >= 0.6 is 11.6 Å². The fourth-order valence-corrected chi connectivity index (χ4v) is 3.28. The molecule has 21 heavy (non-hydrogen) atoms. The SMILES string of the molecule is CNCc1cc(S(=O)(=O)NCc2ccccc2Cl)cn1C. The van der Waals surface area contributed by atoms with Gasteiger partial charge in [0.15, 0.2) is 0 Å². The molecule has 0 saturated heterocycles. The third kappa shape index (κ3) is 3.85. The van der Waals surface area contributed by atoms with Crippen molar-refractivity contribution in [3.63, 3.8) is 0 Å². The van der Waals surface area contributed by atoms with E-state index in [1.807, 2.05) is 26.2 Å². The van der Waals surface area contributed by atoms with Gasteiger partial charge < -0.3 is 9.88 Å². The zero-order chi connectivity index (χ0) is 15.5. The molecule has 0 fully saturated rings. The number of nitrogens with one attached hydrogen (secondary N) is 2. The summed E-state index contributed by atoms with van der Waals surface area (Å²) in [5.74, 6) is 0. The van der Waals surface area contributed by atoms with Crippen LogP contribution in [-0.2, 0) is 30.2 Å². The zero-order valence-electron chi connectivity index (χ0n) is 11.9. The van der Waals surface area contributed by atoms with E-state index in [-0.39, 0.29) is 11.4 Å². The number of aryl methyl sites for hydroxylation is 1. The van der Waals surface area contributed by atoms with Crippen LogP contribution in [0.4, 0.5) is 0 Å². The highest BCUT2D eigenvalue weighted by atomic mass is 35.5. The Morgan fingerprint density at radius 1 is 1.24 bits per heavy atom. The van der Waals surface area contributed by atoms with E-state index < -0.39 is 10.0 Å². The molecule has 2 aromatic rings. The number of halogens is 1. The fourth-order valence-electron chi connectivity index (χ4n) is 1.98. The minimum absolute atomic E-state index is 0.165. The second kappa shape index (κ2) is 6.62. The van der Waals surface area contributed by atoms with Gasteiger partial charge in [0.05, 0.1) is 4.90 Å². The van der Waals surface area contributed by atoms with E-state index in [4.69, 9.17) is 11.6 Å². The van der Waals surface area contributed by atoms with Gasteiger partial charge in [-0.3, -0.25) is 0 Å². The van der Waals surface area contributed by atoms with E-state index in [2.05, 4.69) is 10.0 Å². The van der Waals surface area contributed by atoms with Crippen molar-refractivity contribution in [3.8, 4) is 0 Å². The summed E-state index contributed by atoms with van der Waals surface area (Å²) in [7, 11) is 0.0830. The summed E-state index contributed by atoms with van der Waals surface area (Å²) in [6, 6.07) is 8.82. The summed E-state index contributed by atoms with van der Waals surface area (Å²) in [6.07, 6.45) is 1.60. The summed E-state index contributed by atoms with van der Waals surface area (Å²) in [5.41, 5.74) is 1.64. The molecule has 2 N–H and O–H groups in total. The van der Waals surface area contributed by atoms with E-state index >= 15 is 0 Å². The van der Waals surface area contributed by atoms with Crippen LogP contribution in [-0.4, -0.2) is 20.0 Å². The van der Waals surface area contributed by atoms with Crippen LogP contribution in [0.3, 0.4) is 0 Å². The molecule has 114 valence electrons. The van der Waals surface area contributed by atoms with Gasteiger partial charge in [0.1, 0.15) is 0 Å². The standard InChI is InChI=1S/C14H18ClN3O2S/c1-16-9-12-7-13(10-18(12)2)21(19,20)17-8-11-5-3-4-6-14(11)15/h3-7,10,16-17H,8-9H2,1-2H3. The van der Waals surface area contributed by atoms with Crippen molar-refractivity contribution in [2.24, 2.45) is 7.05 Å². The highest BCUT2D eigenvalue weighted by molar-refractivity contribution is 7.89. The van der Waals surface area contributed by atoms with Crippen molar-refractivity contribution < 1.29 is 8.42 Å². The Morgan fingerprint density at radius 3 is 2.62 bits per heavy atom. The van der Waals surface area contributed by atoms with Crippen LogP contribution in [0.15, 0.2) is 41.4 Å². The van der Waals surface area contributed by atoms with Crippen molar-refractivity contribution in [2.45, 2.75) is 18.0 Å². The van der Waals surface area contributed by atoms with Crippen LogP contribution in [0.1, 0.15) is 11.3 Å². The number of hydrogen-bond acceptors (Lipinski definition) is 3. The van der Waals surface area contributed by atoms with Gasteiger partial charge in [-0.1, -0.05) is 29.8 Å². The number of rotatable bonds is 6. The molecular formula is C14H18ClN3O2S. The molecule has 5 nitrogen and oxygen atoms in total. The normalized spacial score (nSPS) is 11.8. The molecule has 0 aliphatic carbocycles. The first-order valence-electron chi connectivity index (χ1n) is 6.47. The maximum Gasteiger partial charge on any atom is 0.242 e. The summed E-state index contributed by atoms with van der Waals surface area (Å²) in [6.45, 7) is 0.773. The van der Waals surface area contributed by atoms with E-state index in [0.29, 0.717) is 11.6 Å². The molecule has 0 bridgehead atoms. The highest BCUT2D eigenvalue weighted by Gasteiger charge is 2.17. The first kappa shape index (κ1) is 16.0. The van der Waals surface area contributed by atoms with Crippen LogP contribution in [0.2, 0.25) is 5.02 Å². The minimum atomic E-state index is -3.55. The molecule has 2 rings (SSSR count). The average molecular weight is 328 g/mol. The topological polar surface area (TPSA) is 63.1 Å². The van der Waals surface area contributed by atoms with Gasteiger partial charge in [0.25, 0.3) is 0 Å². The Balaban J connectivity index is 2.15. The third-order valence-corrected chi connectivity index (χ3v) is 4.90. The molecule has 1 aromatic heterocycles. The Morgan fingerprint density at radius 2 is 1.95 bits per heavy atom. The van der Waals surface area contributed by atoms with Gasteiger partial charge in [-0.25, -0.2) is 13.1 Å². The number of aromatic nitrogens is 1. The summed E-state index contributed by atoms with van der Waals surface area (Å²) in [5, 5.41) is 3.55. The largest absolute Gasteiger partial charge is 0.352 e. The van der Waals surface area contributed by atoms with Crippen LogP contribution in [0.25, 0.3) is 0 Å². The lowest BCUT2D eigenvalue weighted by Crippen LogP contribution is -2.23. The van der Waals surface area contributed by atoms with Gasteiger partial charge in [0, 0.05) is 37.1 Å². The third-order valence-electron chi connectivity index (χ3n) is 3.16. The predicted molar refractivity (Wildman–Crippen MR) is 83.7 cm³/mol. The van der Waals surface area contributed by atoms with Crippen molar-refractivity contribution in [1.29, 1.82) is 0 Å². The summed E-state index contributed by atoms with van der Waals surface area (Å²) < 4.78 is 29.0. The molecule has 0 amide bonds. The van der Waals surface area contributed by atoms with Crippen LogP contribution < -0.4 is 10.0 Å². The molecule has 0 atom stereocenters. The number of sulfonamides is 1. The average Bonchev–Trinajstić information content (AvgIpc) is 2.81. The van der Waals surface area contributed by atoms with Gasteiger partial charge in [-0.15, -0.1) is 0 Å². The Bertz CT molecular complexity index is 726. The molecule has 0 unspecified atom stereocenters. The van der Waals surface area contributed by atoms with Crippen molar-refractivity contribution in [3.05, 3.63) is 52.8 Å². The van der Waals surface area contributed by atoms with E-state index in [9.17, 15) is 8.42 Å². The predicted octanol–water partition coefficient (Wildman–Crippen LogP) is 1.88. The van der Waals surface area contributed by atoms with Crippen molar-refractivity contribution >= 4 is 21.6 Å². The summed E-state index contributed by atoms with van der Waals surface area (Å²) in [4.78, 5) is 0.252. The number of benzene rings is 1. The molecule has 0 spiro atoms. The second-order valence-electron chi connectivity index (χ2n) is 4.72. The first-order valence-corrected chi connectivity index (χ1v) is 8.33. The van der Waals surface area contributed by atoms with Crippen LogP contribution in [0, 0.1) is 0 Å². The Labute approximate surface area is 130 Å². The monoisotopic (exact) mass is 327 g/mol. The van der Waals surface area contributed by atoms with Crippen LogP contribution in [0.5, 0.6) is 0 Å². The maximum absolute atomic E-state index is 12.3. The van der Waals surface area contributed by atoms with E-state index in [0.717, 1.165) is 11.3 Å². The molecule has 0 aliphatic rings. The maximum atomic E-state index is 12.3. The van der Waals surface area contributed by atoms with E-state index in [1.165, 1.54) is 0 Å². The van der Waals surface area contributed by atoms with Gasteiger partial charge >= 0.3 is 0 Å². The van der Waals surface area contributed by atoms with E-state index in [1.54, 1.807) is 29.0 Å². The molecular weight excluding hydrogens is 310 g/mol. The smallest absolute Gasteiger partial charge is 0.242 e. The van der Waals surface area contributed by atoms with Gasteiger partial charge in [0.2, 0.25) is 10.0 Å². The van der Waals surface area contributed by atoms with Gasteiger partial charge in [-0.2, -0.15) is 0 Å². The molecule has 1 aromatic carbocycles. The number of hydrogen-bond donors (Lipinski definition) is 2. The Hall–Kier alpha value is -1.34. The quantitative estimate of drug-likeness (QED) is 0.851. The Kier molecular flexibility index (Phi) is 5.05. The highest BCUT2D eigenvalue weighted by Crippen LogP contribution is 2.17. The van der Waals surface area contributed by atoms with Crippen molar-refractivity contribution in [1.82, 2.24) is 14.6 Å². The van der Waals surface area contributed by atoms with Gasteiger partial charge in [-0.05, 0) is 24.7 Å². The minimum Gasteiger partial charge on any atom is -0.352 e. The fraction of sp³-hybridized carbons (Fsp3) is 0.286. The lowest BCUT2D eigenvalue weighted by molar-refractivity contribution is 0.581. The summed E-state index contributed by atoms with van der Waals surface area (Å²) >= 11 is 6.02. The first-order chi connectivity index (χ1) is 9.94. The molecule has 1 heterocycles. The van der Waals surface area contributed by atoms with Crippen molar-refractivity contribution in [2.75, 3.05) is 7.05 Å². The number of nitrogens with zero attached hydrogens (tertiary/aromatic N) is 1. The lowest BCUT2D eigenvalue weighted by atomic mass is 10.2. The second-order valence-corrected chi connectivity index (χ2v) is 6.90. The lowest BCUT2D eigenvalue weighted by Gasteiger charge is -2.06. The molecule has 7 heteroatoms.